The molecule has 0 aliphatic carbocycles. The van der Waals surface area contributed by atoms with Gasteiger partial charge in [0.1, 0.15) is 5.82 Å². The molecule has 0 bridgehead atoms. The number of hydrogen-bond acceptors (Lipinski definition) is 4. The molecule has 6 nitrogen and oxygen atoms in total. The van der Waals surface area contributed by atoms with Gasteiger partial charge in [0.25, 0.3) is 0 Å². The Hall–Kier alpha value is -1.82. The monoisotopic (exact) mass is 278 g/mol. The van der Waals surface area contributed by atoms with Crippen molar-refractivity contribution in [1.82, 2.24) is 15.6 Å². The van der Waals surface area contributed by atoms with Crippen LogP contribution in [0.25, 0.3) is 0 Å². The molecule has 2 amide bonds. The second-order valence-electron chi connectivity index (χ2n) is 5.12. The number of pyridine rings is 1. The van der Waals surface area contributed by atoms with E-state index >= 15 is 0 Å². The minimum atomic E-state index is -0.163. The summed E-state index contributed by atoms with van der Waals surface area (Å²) < 4.78 is 5.45. The highest BCUT2D eigenvalue weighted by molar-refractivity contribution is 5.73. The van der Waals surface area contributed by atoms with Crippen molar-refractivity contribution in [2.45, 2.75) is 25.5 Å². The average molecular weight is 278 g/mol. The van der Waals surface area contributed by atoms with Crippen LogP contribution in [0.3, 0.4) is 0 Å². The van der Waals surface area contributed by atoms with Crippen molar-refractivity contribution in [3.8, 4) is 0 Å². The predicted molar refractivity (Wildman–Crippen MR) is 77.8 cm³/mol. The molecule has 1 aromatic heterocycles. The molecule has 1 atom stereocenters. The Bertz CT molecular complexity index is 445. The van der Waals surface area contributed by atoms with Crippen molar-refractivity contribution in [1.29, 1.82) is 0 Å². The molecule has 0 aromatic carbocycles. The second kappa shape index (κ2) is 7.09. The topological polar surface area (TPSA) is 66.5 Å². The molecule has 1 aliphatic rings. The van der Waals surface area contributed by atoms with Crippen LogP contribution in [0.2, 0.25) is 0 Å². The molecule has 1 saturated heterocycles. The third kappa shape index (κ3) is 4.38. The first-order valence-electron chi connectivity index (χ1n) is 6.90. The summed E-state index contributed by atoms with van der Waals surface area (Å²) in [5.74, 6) is 0.879. The Morgan fingerprint density at radius 1 is 1.50 bits per heavy atom. The summed E-state index contributed by atoms with van der Waals surface area (Å²) >= 11 is 0. The predicted octanol–water partition coefficient (Wildman–Crippen LogP) is 1.13. The number of carbonyl (C=O) groups is 1. The molecule has 0 radical (unpaired) electrons. The van der Waals surface area contributed by atoms with Crippen LogP contribution in [0.5, 0.6) is 0 Å². The van der Waals surface area contributed by atoms with Crippen LogP contribution >= 0.6 is 0 Å². The Balaban J connectivity index is 1.73. The molecular formula is C14H22N4O2. The van der Waals surface area contributed by atoms with Crippen molar-refractivity contribution >= 4 is 11.8 Å². The van der Waals surface area contributed by atoms with E-state index in [2.05, 4.69) is 15.6 Å². The van der Waals surface area contributed by atoms with E-state index in [1.54, 1.807) is 6.20 Å². The van der Waals surface area contributed by atoms with E-state index in [0.29, 0.717) is 13.1 Å². The van der Waals surface area contributed by atoms with E-state index in [1.165, 1.54) is 0 Å². The summed E-state index contributed by atoms with van der Waals surface area (Å²) in [6.45, 7) is 1.87. The molecule has 20 heavy (non-hydrogen) atoms. The van der Waals surface area contributed by atoms with Crippen molar-refractivity contribution in [3.63, 3.8) is 0 Å². The third-order valence-corrected chi connectivity index (χ3v) is 3.24. The van der Waals surface area contributed by atoms with Gasteiger partial charge in [0.15, 0.2) is 0 Å². The number of hydrogen-bond donors (Lipinski definition) is 2. The zero-order valence-corrected chi connectivity index (χ0v) is 12.1. The fraction of sp³-hybridized carbons (Fsp3) is 0.571. The molecule has 2 heterocycles. The number of nitrogens with zero attached hydrogens (tertiary/aromatic N) is 2. The van der Waals surface area contributed by atoms with Crippen LogP contribution in [-0.2, 0) is 11.3 Å². The van der Waals surface area contributed by atoms with E-state index in [0.717, 1.165) is 30.8 Å². The van der Waals surface area contributed by atoms with Gasteiger partial charge in [-0.3, -0.25) is 0 Å². The maximum absolute atomic E-state index is 11.7. The first kappa shape index (κ1) is 14.6. The molecule has 0 spiro atoms. The summed E-state index contributed by atoms with van der Waals surface area (Å²) in [6, 6.07) is 3.69. The van der Waals surface area contributed by atoms with Gasteiger partial charge in [-0.05, 0) is 30.5 Å². The SMILES string of the molecule is CN(C)c1cc(CNC(=O)NC[C@H]2CCCO2)ccn1. The molecule has 1 fully saturated rings. The van der Waals surface area contributed by atoms with Crippen LogP contribution in [0.1, 0.15) is 18.4 Å². The quantitative estimate of drug-likeness (QED) is 0.847. The number of ether oxygens (including phenoxy) is 1. The van der Waals surface area contributed by atoms with Gasteiger partial charge in [0.05, 0.1) is 6.10 Å². The molecule has 0 unspecified atom stereocenters. The van der Waals surface area contributed by atoms with Crippen LogP contribution < -0.4 is 15.5 Å². The van der Waals surface area contributed by atoms with Crippen molar-refractivity contribution in [2.75, 3.05) is 32.1 Å². The normalized spacial score (nSPS) is 17.8. The standard InChI is InChI=1S/C14H22N4O2/c1-18(2)13-8-11(5-6-15-13)9-16-14(19)17-10-12-4-3-7-20-12/h5-6,8,12H,3-4,7,9-10H2,1-2H3,(H2,16,17,19)/t12-/m1/s1. The lowest BCUT2D eigenvalue weighted by atomic mass is 10.2. The highest BCUT2D eigenvalue weighted by Crippen LogP contribution is 2.11. The van der Waals surface area contributed by atoms with Crippen molar-refractivity contribution in [3.05, 3.63) is 23.9 Å². The van der Waals surface area contributed by atoms with Crippen molar-refractivity contribution in [2.24, 2.45) is 0 Å². The fourth-order valence-corrected chi connectivity index (χ4v) is 2.07. The molecule has 110 valence electrons. The number of urea groups is 1. The van der Waals surface area contributed by atoms with E-state index in [4.69, 9.17) is 4.74 Å². The Morgan fingerprint density at radius 3 is 3.05 bits per heavy atom. The molecule has 2 N–H and O–H groups in total. The van der Waals surface area contributed by atoms with E-state index in [-0.39, 0.29) is 12.1 Å². The lowest BCUT2D eigenvalue weighted by Gasteiger charge is -2.13. The molecule has 1 aliphatic heterocycles. The van der Waals surface area contributed by atoms with E-state index in [9.17, 15) is 4.79 Å². The summed E-state index contributed by atoms with van der Waals surface area (Å²) in [4.78, 5) is 17.9. The van der Waals surface area contributed by atoms with E-state index in [1.807, 2.05) is 31.1 Å². The van der Waals surface area contributed by atoms with Gasteiger partial charge in [-0.2, -0.15) is 0 Å². The smallest absolute Gasteiger partial charge is 0.315 e. The third-order valence-electron chi connectivity index (χ3n) is 3.24. The first-order chi connectivity index (χ1) is 9.65. The van der Waals surface area contributed by atoms with Crippen molar-refractivity contribution < 1.29 is 9.53 Å². The first-order valence-corrected chi connectivity index (χ1v) is 6.90. The van der Waals surface area contributed by atoms with E-state index < -0.39 is 0 Å². The molecular weight excluding hydrogens is 256 g/mol. The average Bonchev–Trinajstić information content (AvgIpc) is 2.96. The highest BCUT2D eigenvalue weighted by Gasteiger charge is 2.15. The molecule has 0 saturated carbocycles. The Morgan fingerprint density at radius 2 is 2.35 bits per heavy atom. The zero-order valence-electron chi connectivity index (χ0n) is 12.1. The number of nitrogens with one attached hydrogen (secondary N) is 2. The minimum absolute atomic E-state index is 0.163. The molecule has 2 rings (SSSR count). The lowest BCUT2D eigenvalue weighted by molar-refractivity contribution is 0.111. The van der Waals surface area contributed by atoms with Gasteiger partial charge in [0.2, 0.25) is 0 Å². The van der Waals surface area contributed by atoms with Gasteiger partial charge in [-0.1, -0.05) is 0 Å². The van der Waals surface area contributed by atoms with Gasteiger partial charge < -0.3 is 20.3 Å². The number of aromatic nitrogens is 1. The molecule has 1 aromatic rings. The lowest BCUT2D eigenvalue weighted by Crippen LogP contribution is -2.39. The molecule has 6 heteroatoms. The number of anilines is 1. The second-order valence-corrected chi connectivity index (χ2v) is 5.12. The Kier molecular flexibility index (Phi) is 5.17. The summed E-state index contributed by atoms with van der Waals surface area (Å²) in [5.41, 5.74) is 1.02. The largest absolute Gasteiger partial charge is 0.376 e. The summed E-state index contributed by atoms with van der Waals surface area (Å²) in [6.07, 6.45) is 4.02. The van der Waals surface area contributed by atoms with Crippen LogP contribution in [0.15, 0.2) is 18.3 Å². The number of carbonyl (C=O) groups excluding carboxylic acids is 1. The van der Waals surface area contributed by atoms with Crippen LogP contribution in [-0.4, -0.2) is 44.4 Å². The van der Waals surface area contributed by atoms with Gasteiger partial charge in [-0.15, -0.1) is 0 Å². The maximum Gasteiger partial charge on any atom is 0.315 e. The minimum Gasteiger partial charge on any atom is -0.376 e. The number of amides is 2. The Labute approximate surface area is 119 Å². The summed E-state index contributed by atoms with van der Waals surface area (Å²) in [7, 11) is 3.88. The number of rotatable bonds is 5. The van der Waals surface area contributed by atoms with Gasteiger partial charge in [-0.25, -0.2) is 9.78 Å². The van der Waals surface area contributed by atoms with Gasteiger partial charge in [0, 0.05) is 40.0 Å². The van der Waals surface area contributed by atoms with Crippen LogP contribution in [0.4, 0.5) is 10.6 Å². The zero-order chi connectivity index (χ0) is 14.4. The van der Waals surface area contributed by atoms with Gasteiger partial charge >= 0.3 is 6.03 Å². The highest BCUT2D eigenvalue weighted by atomic mass is 16.5. The van der Waals surface area contributed by atoms with Crippen LogP contribution in [0, 0.1) is 0 Å². The maximum atomic E-state index is 11.7. The summed E-state index contributed by atoms with van der Waals surface area (Å²) in [5, 5.41) is 5.67. The fourth-order valence-electron chi connectivity index (χ4n) is 2.07.